The number of ether oxygens (including phenoxy) is 1. The smallest absolute Gasteiger partial charge is 0.216 e. The second-order valence-electron chi connectivity index (χ2n) is 1.24. The van der Waals surface area contributed by atoms with E-state index in [0.717, 1.165) is 6.61 Å². The molecule has 3 N–H and O–H groups in total. The van der Waals surface area contributed by atoms with Crippen molar-refractivity contribution in [3.8, 4) is 0 Å². The molecule has 1 aliphatic rings. The standard InChI is InChI=1S/C3H6NO3/c5-2-1-7-3(6)4-2/h1-6H. The second-order valence-corrected chi connectivity index (χ2v) is 1.24. The third-order valence-electron chi connectivity index (χ3n) is 0.650. The predicted molar refractivity (Wildman–Crippen MR) is 20.5 cm³/mol. The normalized spacial score (nSPS) is 42.0. The molecule has 4 nitrogen and oxygen atoms in total. The topological polar surface area (TPSA) is 61.7 Å². The number of rotatable bonds is 0. The molecule has 0 aromatic rings. The van der Waals surface area contributed by atoms with Crippen molar-refractivity contribution in [1.82, 2.24) is 5.32 Å². The Balaban J connectivity index is 2.26. The van der Waals surface area contributed by atoms with E-state index in [0.29, 0.717) is 0 Å². The summed E-state index contributed by atoms with van der Waals surface area (Å²) in [5.41, 5.74) is 0. The number of aliphatic hydroxyl groups is 2. The average molecular weight is 104 g/mol. The van der Waals surface area contributed by atoms with Crippen LogP contribution in [0, 0.1) is 6.61 Å². The lowest BCUT2D eigenvalue weighted by atomic mass is 10.6. The zero-order valence-electron chi connectivity index (χ0n) is 3.53. The first-order valence-corrected chi connectivity index (χ1v) is 1.90. The summed E-state index contributed by atoms with van der Waals surface area (Å²) < 4.78 is 4.33. The van der Waals surface area contributed by atoms with Gasteiger partial charge in [-0.3, -0.25) is 0 Å². The van der Waals surface area contributed by atoms with E-state index >= 15 is 0 Å². The highest BCUT2D eigenvalue weighted by Crippen LogP contribution is 1.99. The molecule has 7 heavy (non-hydrogen) atoms. The Morgan fingerprint density at radius 3 is 2.43 bits per heavy atom. The Labute approximate surface area is 40.7 Å². The molecule has 1 radical (unpaired) electrons. The predicted octanol–water partition coefficient (Wildman–Crippen LogP) is -1.64. The van der Waals surface area contributed by atoms with Crippen LogP contribution in [-0.2, 0) is 4.74 Å². The minimum Gasteiger partial charge on any atom is -0.376 e. The van der Waals surface area contributed by atoms with Gasteiger partial charge in [0.25, 0.3) is 0 Å². The Bertz CT molecular complexity index is 59.2. The lowest BCUT2D eigenvalue weighted by Crippen LogP contribution is -2.28. The zero-order valence-corrected chi connectivity index (χ0v) is 3.53. The molecule has 0 aliphatic carbocycles. The number of hydrogen-bond donors (Lipinski definition) is 3. The minimum absolute atomic E-state index is 0.824. The van der Waals surface area contributed by atoms with Gasteiger partial charge in [0.05, 0.1) is 0 Å². The maximum atomic E-state index is 8.45. The van der Waals surface area contributed by atoms with Gasteiger partial charge in [-0.05, 0) is 0 Å². The van der Waals surface area contributed by atoms with Gasteiger partial charge in [0.15, 0.2) is 0 Å². The van der Waals surface area contributed by atoms with Gasteiger partial charge in [-0.1, -0.05) is 0 Å². The summed E-state index contributed by atoms with van der Waals surface area (Å²) in [5.74, 6) is 0. The van der Waals surface area contributed by atoms with Gasteiger partial charge in [-0.2, -0.15) is 0 Å². The van der Waals surface area contributed by atoms with Crippen LogP contribution in [0.15, 0.2) is 0 Å². The fourth-order valence-corrected chi connectivity index (χ4v) is 0.373. The fourth-order valence-electron chi connectivity index (χ4n) is 0.373. The van der Waals surface area contributed by atoms with Crippen molar-refractivity contribution >= 4 is 0 Å². The molecular weight excluding hydrogens is 98.0 g/mol. The van der Waals surface area contributed by atoms with Crippen molar-refractivity contribution in [1.29, 1.82) is 0 Å². The molecule has 0 bridgehead atoms. The Hall–Kier alpha value is -0.160. The SMILES string of the molecule is OC1[CH]OC(O)N1. The van der Waals surface area contributed by atoms with Crippen LogP contribution in [0.2, 0.25) is 0 Å². The molecule has 4 heteroatoms. The monoisotopic (exact) mass is 104 g/mol. The first kappa shape index (κ1) is 4.99. The summed E-state index contributed by atoms with van der Waals surface area (Å²) in [7, 11) is 0. The first-order valence-electron chi connectivity index (χ1n) is 1.90. The molecule has 2 atom stereocenters. The first-order chi connectivity index (χ1) is 3.29. The van der Waals surface area contributed by atoms with Gasteiger partial charge >= 0.3 is 0 Å². The molecular formula is C3H6NO3. The molecule has 1 fully saturated rings. The number of hydrogen-bond acceptors (Lipinski definition) is 4. The number of nitrogens with one attached hydrogen (secondary N) is 1. The Morgan fingerprint density at radius 2 is 2.29 bits per heavy atom. The third kappa shape index (κ3) is 1.10. The summed E-state index contributed by atoms with van der Waals surface area (Å²) in [6, 6.07) is 0. The molecule has 1 rings (SSSR count). The molecule has 0 aromatic heterocycles. The van der Waals surface area contributed by atoms with Gasteiger partial charge in [-0.15, -0.1) is 0 Å². The highest BCUT2D eigenvalue weighted by Gasteiger charge is 2.19. The minimum atomic E-state index is -1.03. The van der Waals surface area contributed by atoms with Gasteiger partial charge in [0, 0.05) is 0 Å². The summed E-state index contributed by atoms with van der Waals surface area (Å²) in [5, 5.41) is 19.1. The lowest BCUT2D eigenvalue weighted by Gasteiger charge is -1.97. The van der Waals surface area contributed by atoms with Crippen molar-refractivity contribution in [2.24, 2.45) is 0 Å². The van der Waals surface area contributed by atoms with Crippen LogP contribution in [0.25, 0.3) is 0 Å². The van der Waals surface area contributed by atoms with Crippen molar-refractivity contribution in [3.05, 3.63) is 6.61 Å². The number of aliphatic hydroxyl groups excluding tert-OH is 2. The van der Waals surface area contributed by atoms with Crippen molar-refractivity contribution in [3.63, 3.8) is 0 Å². The molecule has 1 saturated heterocycles. The van der Waals surface area contributed by atoms with Crippen LogP contribution >= 0.6 is 0 Å². The zero-order chi connectivity index (χ0) is 5.28. The highest BCUT2D eigenvalue weighted by molar-refractivity contribution is 4.68. The van der Waals surface area contributed by atoms with Crippen LogP contribution in [0.5, 0.6) is 0 Å². The highest BCUT2D eigenvalue weighted by atomic mass is 16.6. The summed E-state index contributed by atoms with van der Waals surface area (Å²) in [4.78, 5) is 0. The van der Waals surface area contributed by atoms with Gasteiger partial charge in [0.1, 0.15) is 12.8 Å². The molecule has 0 spiro atoms. The lowest BCUT2D eigenvalue weighted by molar-refractivity contribution is -0.0552. The van der Waals surface area contributed by atoms with E-state index in [1.54, 1.807) is 0 Å². The van der Waals surface area contributed by atoms with Crippen LogP contribution in [0.4, 0.5) is 0 Å². The largest absolute Gasteiger partial charge is 0.376 e. The van der Waals surface area contributed by atoms with Crippen LogP contribution in [0.1, 0.15) is 0 Å². The van der Waals surface area contributed by atoms with Gasteiger partial charge in [0.2, 0.25) is 6.41 Å². The Morgan fingerprint density at radius 1 is 1.57 bits per heavy atom. The quantitative estimate of drug-likeness (QED) is 0.345. The maximum absolute atomic E-state index is 8.45. The molecule has 41 valence electrons. The molecule has 1 heterocycles. The van der Waals surface area contributed by atoms with Crippen LogP contribution in [0.3, 0.4) is 0 Å². The van der Waals surface area contributed by atoms with Crippen molar-refractivity contribution < 1.29 is 14.9 Å². The summed E-state index contributed by atoms with van der Waals surface area (Å²) >= 11 is 0. The van der Waals surface area contributed by atoms with E-state index in [1.165, 1.54) is 0 Å². The molecule has 1 aliphatic heterocycles. The van der Waals surface area contributed by atoms with E-state index in [2.05, 4.69) is 10.1 Å². The average Bonchev–Trinajstić information content (AvgIpc) is 1.87. The van der Waals surface area contributed by atoms with E-state index in [4.69, 9.17) is 10.2 Å². The van der Waals surface area contributed by atoms with Gasteiger partial charge < -0.3 is 14.9 Å². The van der Waals surface area contributed by atoms with E-state index < -0.39 is 12.6 Å². The Kier molecular flexibility index (Phi) is 1.25. The molecule has 0 saturated carbocycles. The van der Waals surface area contributed by atoms with E-state index in [9.17, 15) is 0 Å². The van der Waals surface area contributed by atoms with Crippen LogP contribution < -0.4 is 5.32 Å². The molecule has 0 aromatic carbocycles. The third-order valence-corrected chi connectivity index (χ3v) is 0.650. The van der Waals surface area contributed by atoms with E-state index in [1.807, 2.05) is 0 Å². The summed E-state index contributed by atoms with van der Waals surface area (Å²) in [6.45, 7) is 1.12. The molecule has 2 unspecified atom stereocenters. The molecule has 0 amide bonds. The fraction of sp³-hybridized carbons (Fsp3) is 0.667. The maximum Gasteiger partial charge on any atom is 0.216 e. The van der Waals surface area contributed by atoms with Crippen molar-refractivity contribution in [2.75, 3.05) is 0 Å². The van der Waals surface area contributed by atoms with Crippen molar-refractivity contribution in [2.45, 2.75) is 12.6 Å². The van der Waals surface area contributed by atoms with Crippen LogP contribution in [-0.4, -0.2) is 22.9 Å². The summed E-state index contributed by atoms with van der Waals surface area (Å²) in [6.07, 6.45) is -1.86. The van der Waals surface area contributed by atoms with E-state index in [-0.39, 0.29) is 0 Å². The second kappa shape index (κ2) is 1.75. The van der Waals surface area contributed by atoms with Gasteiger partial charge in [-0.25, -0.2) is 5.32 Å².